The van der Waals surface area contributed by atoms with Gasteiger partial charge in [0.2, 0.25) is 0 Å². The van der Waals surface area contributed by atoms with E-state index < -0.39 is 35.0 Å². The van der Waals surface area contributed by atoms with Crippen LogP contribution in [-0.2, 0) is 4.74 Å². The van der Waals surface area contributed by atoms with Crippen molar-refractivity contribution in [3.63, 3.8) is 0 Å². The third-order valence-electron chi connectivity index (χ3n) is 1.77. The van der Waals surface area contributed by atoms with Gasteiger partial charge in [-0.3, -0.25) is 0 Å². The van der Waals surface area contributed by atoms with Crippen LogP contribution in [0.4, 0.5) is 14.5 Å². The van der Waals surface area contributed by atoms with E-state index in [4.69, 9.17) is 11.0 Å². The molecule has 0 aliphatic carbocycles. The molecule has 0 aliphatic heterocycles. The number of rotatable bonds is 2. The van der Waals surface area contributed by atoms with Crippen LogP contribution in [0, 0.1) is 23.0 Å². The number of nitriles is 1. The fourth-order valence-corrected chi connectivity index (χ4v) is 0.969. The molecule has 0 spiro atoms. The molecule has 0 saturated carbocycles. The predicted octanol–water partition coefficient (Wildman–Crippen LogP) is 1.62. The Morgan fingerprint density at radius 2 is 2.12 bits per heavy atom. The molecule has 0 bridgehead atoms. The van der Waals surface area contributed by atoms with Gasteiger partial charge in [-0.15, -0.1) is 0 Å². The molecule has 1 unspecified atom stereocenters. The van der Waals surface area contributed by atoms with Crippen LogP contribution in [0.25, 0.3) is 0 Å². The summed E-state index contributed by atoms with van der Waals surface area (Å²) in [6.07, 6.45) is -1.03. The highest BCUT2D eigenvalue weighted by Crippen LogP contribution is 2.17. The van der Waals surface area contributed by atoms with Gasteiger partial charge in [0.1, 0.15) is 17.7 Å². The maximum Gasteiger partial charge on any atom is 0.342 e. The highest BCUT2D eigenvalue weighted by atomic mass is 19.1. The van der Waals surface area contributed by atoms with Gasteiger partial charge in [0.05, 0.1) is 11.3 Å². The van der Waals surface area contributed by atoms with Crippen molar-refractivity contribution in [3.05, 3.63) is 29.3 Å². The quantitative estimate of drug-likeness (QED) is 0.614. The number of nitrogens with two attached hydrogens (primary N) is 1. The Labute approximate surface area is 90.2 Å². The minimum atomic E-state index is -1.11. The van der Waals surface area contributed by atoms with E-state index in [0.717, 1.165) is 0 Å². The van der Waals surface area contributed by atoms with Crippen LogP contribution in [0.5, 0.6) is 0 Å². The number of esters is 1. The molecule has 1 aromatic carbocycles. The number of anilines is 1. The molecule has 1 atom stereocenters. The van der Waals surface area contributed by atoms with E-state index in [0.29, 0.717) is 12.1 Å². The lowest BCUT2D eigenvalue weighted by Gasteiger charge is -2.07. The maximum absolute atomic E-state index is 13.2. The third-order valence-corrected chi connectivity index (χ3v) is 1.77. The van der Waals surface area contributed by atoms with E-state index in [1.54, 1.807) is 6.07 Å². The Bertz CT molecular complexity index is 469. The van der Waals surface area contributed by atoms with E-state index in [9.17, 15) is 13.6 Å². The molecule has 16 heavy (non-hydrogen) atoms. The molecule has 6 heteroatoms. The molecule has 1 aromatic rings. The van der Waals surface area contributed by atoms with Gasteiger partial charge in [-0.1, -0.05) is 0 Å². The van der Waals surface area contributed by atoms with E-state index in [-0.39, 0.29) is 0 Å². The second-order valence-electron chi connectivity index (χ2n) is 3.03. The smallest absolute Gasteiger partial charge is 0.342 e. The van der Waals surface area contributed by atoms with Crippen LogP contribution in [0.3, 0.4) is 0 Å². The summed E-state index contributed by atoms with van der Waals surface area (Å²) in [6.45, 7) is 1.31. The lowest BCUT2D eigenvalue weighted by Crippen LogP contribution is -2.15. The summed E-state index contributed by atoms with van der Waals surface area (Å²) < 4.78 is 30.7. The number of carbonyl (C=O) groups excluding carboxylic acids is 1. The SMILES string of the molecule is CC(C#N)OC(=O)c1cc(F)c(N)cc1F. The highest BCUT2D eigenvalue weighted by Gasteiger charge is 2.18. The third kappa shape index (κ3) is 2.45. The van der Waals surface area contributed by atoms with Gasteiger partial charge in [-0.25, -0.2) is 13.6 Å². The second-order valence-corrected chi connectivity index (χ2v) is 3.03. The lowest BCUT2D eigenvalue weighted by molar-refractivity contribution is 0.0429. The predicted molar refractivity (Wildman–Crippen MR) is 51.3 cm³/mol. The highest BCUT2D eigenvalue weighted by molar-refractivity contribution is 5.90. The normalized spacial score (nSPS) is 11.6. The van der Waals surface area contributed by atoms with Gasteiger partial charge < -0.3 is 10.5 Å². The minimum absolute atomic E-state index is 0.401. The summed E-state index contributed by atoms with van der Waals surface area (Å²) in [5.74, 6) is -3.02. The van der Waals surface area contributed by atoms with Gasteiger partial charge >= 0.3 is 5.97 Å². The summed E-state index contributed by atoms with van der Waals surface area (Å²) >= 11 is 0. The Morgan fingerprint density at radius 1 is 1.50 bits per heavy atom. The van der Waals surface area contributed by atoms with Crippen molar-refractivity contribution >= 4 is 11.7 Å². The first-order valence-corrected chi connectivity index (χ1v) is 4.30. The first kappa shape index (κ1) is 11.9. The molecule has 0 amide bonds. The summed E-state index contributed by atoms with van der Waals surface area (Å²) in [7, 11) is 0. The van der Waals surface area contributed by atoms with Crippen LogP contribution < -0.4 is 5.73 Å². The number of benzene rings is 1. The molecule has 1 rings (SSSR count). The van der Waals surface area contributed by atoms with E-state index in [1.807, 2.05) is 0 Å². The molecular formula is C10H8F2N2O2. The molecule has 0 aromatic heterocycles. The summed E-state index contributed by atoms with van der Waals surface area (Å²) in [6, 6.07) is 2.95. The summed E-state index contributed by atoms with van der Waals surface area (Å²) in [5.41, 5.74) is 4.11. The number of hydrogen-bond acceptors (Lipinski definition) is 4. The molecule has 0 radical (unpaired) electrons. The monoisotopic (exact) mass is 226 g/mol. The fourth-order valence-electron chi connectivity index (χ4n) is 0.969. The zero-order chi connectivity index (χ0) is 12.3. The summed E-state index contributed by atoms with van der Waals surface area (Å²) in [5, 5.41) is 8.38. The minimum Gasteiger partial charge on any atom is -0.444 e. The number of ether oxygens (including phenoxy) is 1. The molecule has 0 saturated heterocycles. The van der Waals surface area contributed by atoms with Crippen LogP contribution in [0.15, 0.2) is 12.1 Å². The Hall–Kier alpha value is -2.16. The lowest BCUT2D eigenvalue weighted by atomic mass is 10.2. The fraction of sp³-hybridized carbons (Fsp3) is 0.200. The van der Waals surface area contributed by atoms with E-state index in [1.165, 1.54) is 6.92 Å². The Balaban J connectivity index is 3.01. The Morgan fingerprint density at radius 3 is 2.69 bits per heavy atom. The zero-order valence-corrected chi connectivity index (χ0v) is 8.33. The van der Waals surface area contributed by atoms with Crippen molar-refractivity contribution in [2.75, 3.05) is 5.73 Å². The molecule has 0 heterocycles. The van der Waals surface area contributed by atoms with Crippen molar-refractivity contribution in [1.82, 2.24) is 0 Å². The largest absolute Gasteiger partial charge is 0.444 e. The van der Waals surface area contributed by atoms with Gasteiger partial charge in [0, 0.05) is 6.07 Å². The van der Waals surface area contributed by atoms with Crippen LogP contribution in [0.1, 0.15) is 17.3 Å². The van der Waals surface area contributed by atoms with Crippen LogP contribution in [0.2, 0.25) is 0 Å². The van der Waals surface area contributed by atoms with Gasteiger partial charge in [0.25, 0.3) is 0 Å². The van der Waals surface area contributed by atoms with Crippen LogP contribution in [-0.4, -0.2) is 12.1 Å². The molecule has 4 nitrogen and oxygen atoms in total. The first-order chi connectivity index (χ1) is 7.45. The molecule has 0 fully saturated rings. The van der Waals surface area contributed by atoms with Crippen molar-refractivity contribution in [2.45, 2.75) is 13.0 Å². The van der Waals surface area contributed by atoms with Crippen LogP contribution >= 0.6 is 0 Å². The first-order valence-electron chi connectivity index (χ1n) is 4.30. The summed E-state index contributed by atoms with van der Waals surface area (Å²) in [4.78, 5) is 11.3. The van der Waals surface area contributed by atoms with Gasteiger partial charge in [0.15, 0.2) is 6.10 Å². The molecular weight excluding hydrogens is 218 g/mol. The molecule has 0 aliphatic rings. The van der Waals surface area contributed by atoms with Gasteiger partial charge in [-0.2, -0.15) is 5.26 Å². The van der Waals surface area contributed by atoms with Crippen molar-refractivity contribution in [3.8, 4) is 6.07 Å². The number of nitrogen functional groups attached to an aromatic ring is 1. The van der Waals surface area contributed by atoms with E-state index in [2.05, 4.69) is 4.74 Å². The average molecular weight is 226 g/mol. The van der Waals surface area contributed by atoms with Crippen molar-refractivity contribution in [1.29, 1.82) is 5.26 Å². The molecule has 2 N–H and O–H groups in total. The molecule has 84 valence electrons. The second kappa shape index (κ2) is 4.57. The number of hydrogen-bond donors (Lipinski definition) is 1. The number of halogens is 2. The topological polar surface area (TPSA) is 76.1 Å². The zero-order valence-electron chi connectivity index (χ0n) is 8.33. The number of nitrogens with zero attached hydrogens (tertiary/aromatic N) is 1. The number of carbonyl (C=O) groups is 1. The standard InChI is InChI=1S/C10H8F2N2O2/c1-5(4-13)16-10(15)6-2-8(12)9(14)3-7(6)11/h2-3,5H,14H2,1H3. The van der Waals surface area contributed by atoms with Crippen molar-refractivity contribution in [2.24, 2.45) is 0 Å². The average Bonchev–Trinajstić information content (AvgIpc) is 2.23. The van der Waals surface area contributed by atoms with Gasteiger partial charge in [-0.05, 0) is 13.0 Å². The maximum atomic E-state index is 13.2. The Kier molecular flexibility index (Phi) is 3.40. The van der Waals surface area contributed by atoms with Crippen molar-refractivity contribution < 1.29 is 18.3 Å². The van der Waals surface area contributed by atoms with E-state index >= 15 is 0 Å².